The Bertz CT molecular complexity index is 158. The Morgan fingerprint density at radius 3 is 2.70 bits per heavy atom. The molecular formula is C7H11BFN. The lowest BCUT2D eigenvalue weighted by Gasteiger charge is -2.27. The summed E-state index contributed by atoms with van der Waals surface area (Å²) >= 11 is 0. The van der Waals surface area contributed by atoms with Gasteiger partial charge in [-0.25, -0.2) is 0 Å². The maximum atomic E-state index is 12.6. The highest BCUT2D eigenvalue weighted by Gasteiger charge is 2.24. The van der Waals surface area contributed by atoms with Gasteiger partial charge < -0.3 is 0 Å². The minimum absolute atomic E-state index is 0.0273. The van der Waals surface area contributed by atoms with E-state index in [0.717, 1.165) is 0 Å². The van der Waals surface area contributed by atoms with E-state index in [1.165, 1.54) is 0 Å². The van der Waals surface area contributed by atoms with E-state index in [1.807, 2.05) is 13.8 Å². The second-order valence-electron chi connectivity index (χ2n) is 3.00. The topological polar surface area (TPSA) is 12.4 Å². The zero-order chi connectivity index (χ0) is 7.72. The summed E-state index contributed by atoms with van der Waals surface area (Å²) in [7, 11) is 5.71. The average molecular weight is 139 g/mol. The monoisotopic (exact) mass is 139 g/mol. The molecule has 0 aromatic heterocycles. The van der Waals surface area contributed by atoms with Crippen molar-refractivity contribution in [1.82, 2.24) is 0 Å². The fourth-order valence-electron chi connectivity index (χ4n) is 1.24. The Labute approximate surface area is 62.1 Å². The summed E-state index contributed by atoms with van der Waals surface area (Å²) in [4.78, 5) is 3.74. The highest BCUT2D eigenvalue weighted by atomic mass is 19.1. The molecule has 2 radical (unpaired) electrons. The molecule has 0 aromatic rings. The van der Waals surface area contributed by atoms with Crippen LogP contribution in [0.2, 0.25) is 5.82 Å². The Hall–Kier alpha value is -0.335. The quantitative estimate of drug-likeness (QED) is 0.453. The van der Waals surface area contributed by atoms with Crippen molar-refractivity contribution in [3.05, 3.63) is 0 Å². The van der Waals surface area contributed by atoms with Crippen LogP contribution >= 0.6 is 0 Å². The smallest absolute Gasteiger partial charge is 0.184 e. The molecule has 0 bridgehead atoms. The molecule has 3 atom stereocenters. The van der Waals surface area contributed by atoms with Crippen LogP contribution in [-0.2, 0) is 0 Å². The van der Waals surface area contributed by atoms with Crippen LogP contribution in [-0.4, -0.2) is 19.9 Å². The van der Waals surface area contributed by atoms with Gasteiger partial charge in [-0.2, -0.15) is 4.39 Å². The first-order valence-corrected chi connectivity index (χ1v) is 3.59. The predicted molar refractivity (Wildman–Crippen MR) is 41.3 cm³/mol. The summed E-state index contributed by atoms with van der Waals surface area (Å²) in [6.45, 7) is 3.80. The number of aliphatic imine (C=N–C) groups is 1. The van der Waals surface area contributed by atoms with Crippen LogP contribution < -0.4 is 0 Å². The molecule has 1 heterocycles. The Balaban J connectivity index is 2.69. The van der Waals surface area contributed by atoms with Crippen molar-refractivity contribution in [2.24, 2.45) is 10.9 Å². The second kappa shape index (κ2) is 2.73. The summed E-state index contributed by atoms with van der Waals surface area (Å²) in [5.41, 5.74) is 0. The van der Waals surface area contributed by atoms with E-state index < -0.39 is 0 Å². The minimum Gasteiger partial charge on any atom is -0.259 e. The van der Waals surface area contributed by atoms with Crippen molar-refractivity contribution in [3.8, 4) is 0 Å². The van der Waals surface area contributed by atoms with Crippen molar-refractivity contribution in [2.75, 3.05) is 0 Å². The third-order valence-electron chi connectivity index (χ3n) is 2.05. The van der Waals surface area contributed by atoms with Gasteiger partial charge in [-0.1, -0.05) is 12.7 Å². The van der Waals surface area contributed by atoms with Crippen molar-refractivity contribution < 1.29 is 4.39 Å². The molecule has 10 heavy (non-hydrogen) atoms. The number of rotatable bonds is 0. The molecule has 0 saturated carbocycles. The predicted octanol–water partition coefficient (Wildman–Crippen LogP) is 1.74. The van der Waals surface area contributed by atoms with Gasteiger partial charge in [-0.15, -0.1) is 0 Å². The Morgan fingerprint density at radius 1 is 1.60 bits per heavy atom. The van der Waals surface area contributed by atoms with Gasteiger partial charge in [0.05, 0.1) is 7.85 Å². The second-order valence-corrected chi connectivity index (χ2v) is 3.00. The van der Waals surface area contributed by atoms with Gasteiger partial charge in [-0.3, -0.25) is 4.99 Å². The number of halogens is 1. The molecule has 0 amide bonds. The van der Waals surface area contributed by atoms with E-state index in [2.05, 4.69) is 4.99 Å². The Morgan fingerprint density at radius 2 is 2.20 bits per heavy atom. The van der Waals surface area contributed by atoms with Crippen molar-refractivity contribution in [1.29, 1.82) is 0 Å². The summed E-state index contributed by atoms with van der Waals surface area (Å²) < 4.78 is 12.6. The normalized spacial score (nSPS) is 41.1. The van der Waals surface area contributed by atoms with Crippen LogP contribution in [0.15, 0.2) is 4.99 Å². The largest absolute Gasteiger partial charge is 0.259 e. The van der Waals surface area contributed by atoms with Gasteiger partial charge in [0.2, 0.25) is 0 Å². The molecule has 3 heteroatoms. The lowest BCUT2D eigenvalue weighted by molar-refractivity contribution is 0.450. The first kappa shape index (κ1) is 7.77. The summed E-state index contributed by atoms with van der Waals surface area (Å²) in [5.74, 6) is 0.00806. The van der Waals surface area contributed by atoms with Gasteiger partial charge in [-0.05, 0) is 12.8 Å². The molecule has 3 unspecified atom stereocenters. The van der Waals surface area contributed by atoms with Crippen LogP contribution in [0.25, 0.3) is 0 Å². The molecule has 0 fully saturated rings. The van der Waals surface area contributed by atoms with E-state index in [9.17, 15) is 4.39 Å². The Kier molecular flexibility index (Phi) is 2.12. The van der Waals surface area contributed by atoms with Gasteiger partial charge >= 0.3 is 0 Å². The molecule has 1 nitrogen and oxygen atoms in total. The number of hydrogen-bond acceptors (Lipinski definition) is 1. The fourth-order valence-corrected chi connectivity index (χ4v) is 1.24. The van der Waals surface area contributed by atoms with Crippen molar-refractivity contribution in [2.45, 2.75) is 32.1 Å². The van der Waals surface area contributed by atoms with Crippen LogP contribution in [0.3, 0.4) is 0 Å². The molecule has 54 valence electrons. The fraction of sp³-hybridized carbons (Fsp3) is 0.857. The van der Waals surface area contributed by atoms with Crippen LogP contribution in [0.5, 0.6) is 0 Å². The van der Waals surface area contributed by atoms with E-state index in [0.29, 0.717) is 6.42 Å². The molecule has 1 rings (SSSR count). The lowest BCUT2D eigenvalue weighted by atomic mass is 9.70. The number of hydrogen-bond donors (Lipinski definition) is 0. The molecule has 0 spiro atoms. The van der Waals surface area contributed by atoms with Gasteiger partial charge in [0.15, 0.2) is 5.97 Å². The third-order valence-corrected chi connectivity index (χ3v) is 2.05. The van der Waals surface area contributed by atoms with Gasteiger partial charge in [0.25, 0.3) is 0 Å². The lowest BCUT2D eigenvalue weighted by Crippen LogP contribution is -2.24. The van der Waals surface area contributed by atoms with E-state index in [4.69, 9.17) is 7.85 Å². The minimum atomic E-state index is -0.248. The SMILES string of the molecule is [B]C1C(C)CC(F)=NC1C. The zero-order valence-corrected chi connectivity index (χ0v) is 6.34. The number of nitrogens with zero attached hydrogens (tertiary/aromatic N) is 1. The van der Waals surface area contributed by atoms with Gasteiger partial charge in [0.1, 0.15) is 0 Å². The third kappa shape index (κ3) is 1.39. The van der Waals surface area contributed by atoms with Crippen LogP contribution in [0.1, 0.15) is 20.3 Å². The molecule has 0 aromatic carbocycles. The molecule has 1 aliphatic rings. The van der Waals surface area contributed by atoms with Gasteiger partial charge in [0, 0.05) is 12.5 Å². The zero-order valence-electron chi connectivity index (χ0n) is 6.34. The highest BCUT2D eigenvalue weighted by Crippen LogP contribution is 2.29. The molecule has 1 aliphatic heterocycles. The summed E-state index contributed by atoms with van der Waals surface area (Å²) in [5, 5.41) is 0. The molecule has 0 aliphatic carbocycles. The standard InChI is InChI=1S/C7H11BFN/c1-4-3-6(9)10-5(2)7(4)8/h4-5,7H,3H2,1-2H3. The first-order chi connectivity index (χ1) is 4.61. The maximum Gasteiger partial charge on any atom is 0.184 e. The molecule has 0 saturated heterocycles. The summed E-state index contributed by atoms with van der Waals surface area (Å²) in [6, 6.07) is -0.0521. The van der Waals surface area contributed by atoms with E-state index in [-0.39, 0.29) is 23.7 Å². The first-order valence-electron chi connectivity index (χ1n) is 3.59. The molecule has 0 N–H and O–H groups in total. The highest BCUT2D eigenvalue weighted by molar-refractivity contribution is 6.12. The van der Waals surface area contributed by atoms with Crippen LogP contribution in [0.4, 0.5) is 4.39 Å². The van der Waals surface area contributed by atoms with Crippen molar-refractivity contribution in [3.63, 3.8) is 0 Å². The molecular weight excluding hydrogens is 128 g/mol. The maximum absolute atomic E-state index is 12.6. The van der Waals surface area contributed by atoms with Crippen LogP contribution in [0, 0.1) is 5.92 Å². The van der Waals surface area contributed by atoms with Crippen molar-refractivity contribution >= 4 is 13.8 Å². The average Bonchev–Trinajstić information content (AvgIpc) is 1.82. The van der Waals surface area contributed by atoms with E-state index in [1.54, 1.807) is 0 Å². The summed E-state index contributed by atoms with van der Waals surface area (Å²) in [6.07, 6.45) is 0.408. The van der Waals surface area contributed by atoms with E-state index >= 15 is 0 Å².